The minimum Gasteiger partial charge on any atom is -0.296 e. The molecule has 0 spiro atoms. The van der Waals surface area contributed by atoms with Gasteiger partial charge >= 0.3 is 0 Å². The molecule has 2 saturated heterocycles. The van der Waals surface area contributed by atoms with Crippen molar-refractivity contribution in [3.63, 3.8) is 0 Å². The Morgan fingerprint density at radius 1 is 1.04 bits per heavy atom. The molecule has 0 N–H and O–H groups in total. The predicted molar refractivity (Wildman–Crippen MR) is 111 cm³/mol. The van der Waals surface area contributed by atoms with Gasteiger partial charge in [-0.05, 0) is 52.3 Å². The summed E-state index contributed by atoms with van der Waals surface area (Å²) in [7, 11) is 0. The molecule has 3 heterocycles. The summed E-state index contributed by atoms with van der Waals surface area (Å²) in [6.45, 7) is 4.32. The number of anilines is 1. The summed E-state index contributed by atoms with van der Waals surface area (Å²) in [6.07, 6.45) is 0.249. The largest absolute Gasteiger partial charge is 0.296 e. The Balaban J connectivity index is 1.38. The summed E-state index contributed by atoms with van der Waals surface area (Å²) in [5, 5.41) is 0.586. The number of hydrogen-bond acceptors (Lipinski definition) is 5. The highest BCUT2D eigenvalue weighted by Gasteiger charge is 2.43. The van der Waals surface area contributed by atoms with E-state index in [2.05, 4.69) is 37.9 Å². The van der Waals surface area contributed by atoms with E-state index in [1.54, 1.807) is 35.6 Å². The molecular formula is C19H19BrClN3O2S. The lowest BCUT2D eigenvalue weighted by Crippen LogP contribution is -2.52. The van der Waals surface area contributed by atoms with E-state index in [0.29, 0.717) is 10.7 Å². The maximum Gasteiger partial charge on any atom is 0.251 e. The summed E-state index contributed by atoms with van der Waals surface area (Å²) >= 11 is 11.2. The van der Waals surface area contributed by atoms with Gasteiger partial charge in [-0.1, -0.05) is 11.6 Å². The first kappa shape index (κ1) is 19.1. The van der Waals surface area contributed by atoms with Gasteiger partial charge in [0.25, 0.3) is 5.91 Å². The zero-order chi connectivity index (χ0) is 19.0. The highest BCUT2D eigenvalue weighted by molar-refractivity contribution is 9.11. The van der Waals surface area contributed by atoms with E-state index in [0.717, 1.165) is 36.5 Å². The number of piperazine rings is 1. The number of carbonyl (C=O) groups excluding carboxylic acids is 2. The lowest BCUT2D eigenvalue weighted by atomic mass is 10.1. The zero-order valence-electron chi connectivity index (χ0n) is 14.6. The lowest BCUT2D eigenvalue weighted by Gasteiger charge is -2.36. The van der Waals surface area contributed by atoms with Crippen molar-refractivity contribution in [1.82, 2.24) is 9.80 Å². The minimum absolute atomic E-state index is 0.127. The fourth-order valence-electron chi connectivity index (χ4n) is 3.65. The Hall–Kier alpha value is -1.25. The Labute approximate surface area is 175 Å². The van der Waals surface area contributed by atoms with Crippen LogP contribution in [0.5, 0.6) is 0 Å². The summed E-state index contributed by atoms with van der Waals surface area (Å²) in [6, 6.07) is 10.7. The molecule has 1 aromatic carbocycles. The maximum atomic E-state index is 12.9. The van der Waals surface area contributed by atoms with Crippen LogP contribution in [0.1, 0.15) is 11.3 Å². The normalized spacial score (nSPS) is 22.0. The third kappa shape index (κ3) is 4.12. The Morgan fingerprint density at radius 3 is 2.37 bits per heavy atom. The second-order valence-electron chi connectivity index (χ2n) is 6.78. The number of amides is 2. The number of thiophene rings is 1. The summed E-state index contributed by atoms with van der Waals surface area (Å²) in [4.78, 5) is 32.5. The third-order valence-corrected chi connectivity index (χ3v) is 6.92. The van der Waals surface area contributed by atoms with Gasteiger partial charge < -0.3 is 0 Å². The van der Waals surface area contributed by atoms with Crippen molar-refractivity contribution >= 4 is 56.4 Å². The number of imide groups is 1. The minimum atomic E-state index is -0.355. The molecule has 2 aliphatic rings. The number of carbonyl (C=O) groups is 2. The van der Waals surface area contributed by atoms with Gasteiger partial charge in [0.1, 0.15) is 0 Å². The Kier molecular flexibility index (Phi) is 5.66. The number of nitrogens with zero attached hydrogens (tertiary/aromatic N) is 3. The van der Waals surface area contributed by atoms with Crippen LogP contribution in [-0.2, 0) is 16.1 Å². The third-order valence-electron chi connectivity index (χ3n) is 5.06. The maximum absolute atomic E-state index is 12.9. The van der Waals surface area contributed by atoms with Crippen LogP contribution in [0.4, 0.5) is 5.69 Å². The van der Waals surface area contributed by atoms with Crippen LogP contribution < -0.4 is 4.90 Å². The molecule has 142 valence electrons. The number of hydrogen-bond donors (Lipinski definition) is 0. The fraction of sp³-hybridized carbons (Fsp3) is 0.368. The standard InChI is InChI=1S/C19H19BrClN3O2S/c20-17-6-5-15(27-17)12-22-7-9-23(10-8-22)16-11-18(25)24(19(16)26)14-3-1-13(21)2-4-14/h1-6,16H,7-12H2. The molecule has 0 aliphatic carbocycles. The smallest absolute Gasteiger partial charge is 0.251 e. The molecule has 2 fully saturated rings. The van der Waals surface area contributed by atoms with Gasteiger partial charge in [0.2, 0.25) is 5.91 Å². The molecule has 1 atom stereocenters. The fourth-order valence-corrected chi connectivity index (χ4v) is 5.30. The van der Waals surface area contributed by atoms with Crippen molar-refractivity contribution in [2.45, 2.75) is 19.0 Å². The van der Waals surface area contributed by atoms with Crippen LogP contribution in [0.15, 0.2) is 40.2 Å². The van der Waals surface area contributed by atoms with Gasteiger partial charge in [0.15, 0.2) is 0 Å². The quantitative estimate of drug-likeness (QED) is 0.643. The van der Waals surface area contributed by atoms with E-state index in [1.165, 1.54) is 9.78 Å². The van der Waals surface area contributed by atoms with Crippen molar-refractivity contribution < 1.29 is 9.59 Å². The predicted octanol–water partition coefficient (Wildman–Crippen LogP) is 3.61. The Morgan fingerprint density at radius 2 is 1.74 bits per heavy atom. The van der Waals surface area contributed by atoms with E-state index >= 15 is 0 Å². The molecule has 4 rings (SSSR count). The second kappa shape index (κ2) is 8.01. The molecule has 0 radical (unpaired) electrons. The Bertz CT molecular complexity index is 849. The van der Waals surface area contributed by atoms with Crippen LogP contribution in [-0.4, -0.2) is 53.8 Å². The van der Waals surface area contributed by atoms with Gasteiger partial charge in [0.05, 0.1) is 21.9 Å². The first-order chi connectivity index (χ1) is 13.0. The molecule has 27 heavy (non-hydrogen) atoms. The zero-order valence-corrected chi connectivity index (χ0v) is 17.8. The molecule has 0 saturated carbocycles. The molecule has 2 amide bonds. The van der Waals surface area contributed by atoms with Gasteiger partial charge in [-0.2, -0.15) is 0 Å². The van der Waals surface area contributed by atoms with Crippen LogP contribution in [0, 0.1) is 0 Å². The lowest BCUT2D eigenvalue weighted by molar-refractivity contribution is -0.123. The van der Waals surface area contributed by atoms with E-state index in [1.807, 2.05) is 0 Å². The summed E-state index contributed by atoms with van der Waals surface area (Å²) < 4.78 is 1.15. The molecule has 5 nitrogen and oxygen atoms in total. The van der Waals surface area contributed by atoms with Crippen LogP contribution in [0.3, 0.4) is 0 Å². The summed E-state index contributed by atoms with van der Waals surface area (Å²) in [5.74, 6) is -0.267. The van der Waals surface area contributed by atoms with Crippen LogP contribution >= 0.6 is 38.9 Å². The molecule has 2 aliphatic heterocycles. The molecule has 8 heteroatoms. The molecular weight excluding hydrogens is 450 g/mol. The monoisotopic (exact) mass is 467 g/mol. The highest BCUT2D eigenvalue weighted by atomic mass is 79.9. The van der Waals surface area contributed by atoms with Gasteiger partial charge in [-0.25, -0.2) is 4.90 Å². The van der Waals surface area contributed by atoms with Crippen LogP contribution in [0.2, 0.25) is 5.02 Å². The first-order valence-corrected chi connectivity index (χ1v) is 10.8. The van der Waals surface area contributed by atoms with Crippen molar-refractivity contribution in [2.75, 3.05) is 31.1 Å². The molecule has 0 bridgehead atoms. The van der Waals surface area contributed by atoms with Gasteiger partial charge in [0, 0.05) is 42.6 Å². The van der Waals surface area contributed by atoms with E-state index in [-0.39, 0.29) is 24.3 Å². The van der Waals surface area contributed by atoms with Crippen molar-refractivity contribution in [1.29, 1.82) is 0 Å². The topological polar surface area (TPSA) is 43.9 Å². The summed E-state index contributed by atoms with van der Waals surface area (Å²) in [5.41, 5.74) is 0.596. The first-order valence-electron chi connectivity index (χ1n) is 8.84. The molecule has 2 aromatic rings. The van der Waals surface area contributed by atoms with Crippen molar-refractivity contribution in [3.05, 3.63) is 50.1 Å². The number of benzene rings is 1. The van der Waals surface area contributed by atoms with E-state index in [9.17, 15) is 9.59 Å². The average Bonchev–Trinajstić information content (AvgIpc) is 3.19. The molecule has 1 aromatic heterocycles. The van der Waals surface area contributed by atoms with Crippen molar-refractivity contribution in [2.24, 2.45) is 0 Å². The second-order valence-corrected chi connectivity index (χ2v) is 9.77. The number of halogens is 2. The number of rotatable bonds is 4. The van der Waals surface area contributed by atoms with Gasteiger partial charge in [-0.15, -0.1) is 11.3 Å². The van der Waals surface area contributed by atoms with Crippen molar-refractivity contribution in [3.8, 4) is 0 Å². The van der Waals surface area contributed by atoms with E-state index < -0.39 is 0 Å². The van der Waals surface area contributed by atoms with Gasteiger partial charge in [-0.3, -0.25) is 19.4 Å². The van der Waals surface area contributed by atoms with Crippen LogP contribution in [0.25, 0.3) is 0 Å². The SMILES string of the molecule is O=C1CC(N2CCN(Cc3ccc(Br)s3)CC2)C(=O)N1c1ccc(Cl)cc1. The average molecular weight is 469 g/mol. The molecule has 1 unspecified atom stereocenters. The van der Waals surface area contributed by atoms with E-state index in [4.69, 9.17) is 11.6 Å². The highest BCUT2D eigenvalue weighted by Crippen LogP contribution is 2.28.